The largest absolute Gasteiger partial charge is 0.394 e. The summed E-state index contributed by atoms with van der Waals surface area (Å²) in [4.78, 5) is 0. The van der Waals surface area contributed by atoms with Crippen molar-refractivity contribution in [1.29, 1.82) is 0 Å². The Hall–Kier alpha value is -0.500. The van der Waals surface area contributed by atoms with Crippen LogP contribution in [0.5, 0.6) is 0 Å². The molecule has 0 aliphatic heterocycles. The molecule has 0 fully saturated rings. The highest BCUT2D eigenvalue weighted by molar-refractivity contribution is 14.1. The van der Waals surface area contributed by atoms with Crippen LogP contribution in [0, 0.1) is 12.3 Å². The quantitative estimate of drug-likeness (QED) is 0.432. The number of allylic oxidation sites excluding steroid dienone is 1. The molecule has 1 N–H and O–H groups in total. The molecule has 0 aromatic heterocycles. The lowest BCUT2D eigenvalue weighted by molar-refractivity contribution is 1.11. The molecule has 0 radical (unpaired) electrons. The number of rotatable bonds is 2. The minimum absolute atomic E-state index is 0.630. The Labute approximate surface area is 68.9 Å². The van der Waals surface area contributed by atoms with Crippen LogP contribution in [-0.4, -0.2) is 12.8 Å². The van der Waals surface area contributed by atoms with Crippen molar-refractivity contribution in [2.45, 2.75) is 0 Å². The molecule has 0 aliphatic carbocycles. The number of nitrogens with zero attached hydrogens (tertiary/aromatic N) is 1. The molecular weight excluding hydrogens is 227 g/mol. The lowest BCUT2D eigenvalue weighted by atomic mass is 10.4. The zero-order valence-corrected chi connectivity index (χ0v) is 7.21. The lowest BCUT2D eigenvalue weighted by Gasteiger charge is -1.84. The molecule has 0 heterocycles. The van der Waals surface area contributed by atoms with Crippen LogP contribution in [0.25, 0.3) is 0 Å². The zero-order valence-electron chi connectivity index (χ0n) is 5.06. The van der Waals surface area contributed by atoms with E-state index in [2.05, 4.69) is 14.4 Å². The summed E-state index contributed by atoms with van der Waals surface area (Å²) in [5.41, 5.74) is 0.630. The molecule has 2 nitrogen and oxygen atoms in total. The van der Waals surface area contributed by atoms with E-state index in [9.17, 15) is 0 Å². The summed E-state index contributed by atoms with van der Waals surface area (Å²) in [6, 6.07) is 0. The number of hydrogen-bond acceptors (Lipinski definition) is 2. The van der Waals surface area contributed by atoms with Crippen molar-refractivity contribution in [3.63, 3.8) is 0 Å². The van der Waals surface area contributed by atoms with Crippen LogP contribution in [0.2, 0.25) is 0 Å². The van der Waals surface area contributed by atoms with Gasteiger partial charge in [0, 0.05) is 7.05 Å². The molecule has 9 heavy (non-hydrogen) atoms. The van der Waals surface area contributed by atoms with Crippen LogP contribution in [0.15, 0.2) is 15.5 Å². The first-order valence-electron chi connectivity index (χ1n) is 2.34. The fraction of sp³-hybridized carbons (Fsp3) is 0.167. The molecule has 0 aromatic rings. The summed E-state index contributed by atoms with van der Waals surface area (Å²) in [7, 11) is 1.80. The smallest absolute Gasteiger partial charge is 0.120 e. The van der Waals surface area contributed by atoms with Crippen molar-refractivity contribution in [2.75, 3.05) is 7.05 Å². The molecule has 3 heteroatoms. The van der Waals surface area contributed by atoms with Crippen molar-refractivity contribution in [3.8, 4) is 12.3 Å². The molecule has 48 valence electrons. The van der Waals surface area contributed by atoms with Crippen LogP contribution >= 0.6 is 22.9 Å². The zero-order chi connectivity index (χ0) is 7.11. The van der Waals surface area contributed by atoms with Crippen LogP contribution in [0.4, 0.5) is 0 Å². The van der Waals surface area contributed by atoms with Gasteiger partial charge in [0.2, 0.25) is 0 Å². The highest BCUT2D eigenvalue weighted by Crippen LogP contribution is 1.86. The SMILES string of the molecule is C#CC(/C=C\NC)=N/I. The maximum Gasteiger partial charge on any atom is 0.120 e. The van der Waals surface area contributed by atoms with Crippen molar-refractivity contribution >= 4 is 28.6 Å². The Kier molecular flexibility index (Phi) is 5.32. The third-order valence-electron chi connectivity index (χ3n) is 0.647. The van der Waals surface area contributed by atoms with Crippen molar-refractivity contribution in [1.82, 2.24) is 5.32 Å². The molecule has 0 atom stereocenters. The predicted molar refractivity (Wildman–Crippen MR) is 48.5 cm³/mol. The fourth-order valence-corrected chi connectivity index (χ4v) is 0.563. The van der Waals surface area contributed by atoms with E-state index in [-0.39, 0.29) is 0 Å². The molecule has 0 amide bonds. The second-order valence-electron chi connectivity index (χ2n) is 1.24. The van der Waals surface area contributed by atoms with Gasteiger partial charge in [-0.1, -0.05) is 0 Å². The summed E-state index contributed by atoms with van der Waals surface area (Å²) < 4.78 is 3.77. The van der Waals surface area contributed by atoms with Crippen molar-refractivity contribution < 1.29 is 0 Å². The maximum atomic E-state index is 5.06. The van der Waals surface area contributed by atoms with Crippen LogP contribution < -0.4 is 5.32 Å². The molecule has 0 aromatic carbocycles. The van der Waals surface area contributed by atoms with Gasteiger partial charge in [-0.05, 0) is 18.2 Å². The van der Waals surface area contributed by atoms with Gasteiger partial charge in [0.25, 0.3) is 0 Å². The molecule has 0 saturated heterocycles. The van der Waals surface area contributed by atoms with Gasteiger partial charge < -0.3 is 5.32 Å². The Morgan fingerprint density at radius 3 is 2.89 bits per heavy atom. The third-order valence-corrected chi connectivity index (χ3v) is 1.17. The van der Waals surface area contributed by atoms with E-state index < -0.39 is 0 Å². The van der Waals surface area contributed by atoms with Gasteiger partial charge in [0.1, 0.15) is 5.71 Å². The number of hydrogen-bond donors (Lipinski definition) is 1. The van der Waals surface area contributed by atoms with E-state index in [1.54, 1.807) is 19.3 Å². The minimum Gasteiger partial charge on any atom is -0.394 e. The molecule has 0 unspecified atom stereocenters. The van der Waals surface area contributed by atoms with E-state index in [4.69, 9.17) is 6.42 Å². The van der Waals surface area contributed by atoms with Crippen LogP contribution in [-0.2, 0) is 0 Å². The monoisotopic (exact) mass is 234 g/mol. The molecular formula is C6H7IN2. The van der Waals surface area contributed by atoms with Crippen molar-refractivity contribution in [2.24, 2.45) is 3.21 Å². The first-order valence-corrected chi connectivity index (χ1v) is 3.31. The van der Waals surface area contributed by atoms with E-state index in [1.807, 2.05) is 22.9 Å². The third kappa shape index (κ3) is 4.03. The maximum absolute atomic E-state index is 5.06. The molecule has 0 rings (SSSR count). The van der Waals surface area contributed by atoms with Gasteiger partial charge in [-0.25, -0.2) is 3.21 Å². The highest BCUT2D eigenvalue weighted by Gasteiger charge is 1.80. The Morgan fingerprint density at radius 1 is 1.89 bits per heavy atom. The van der Waals surface area contributed by atoms with Gasteiger partial charge in [-0.3, -0.25) is 0 Å². The summed E-state index contributed by atoms with van der Waals surface area (Å²) in [5, 5.41) is 2.81. The van der Waals surface area contributed by atoms with E-state index in [1.165, 1.54) is 0 Å². The van der Waals surface area contributed by atoms with Gasteiger partial charge >= 0.3 is 0 Å². The summed E-state index contributed by atoms with van der Waals surface area (Å²) in [6.07, 6.45) is 8.52. The molecule has 0 aliphatic rings. The Balaban J connectivity index is 3.90. The standard InChI is InChI=1S/C6H7IN2/c1-3-6(9-7)4-5-8-2/h1,4-5,8H,2H3/b5-4-,9-6-. The van der Waals surface area contributed by atoms with Crippen LogP contribution in [0.1, 0.15) is 0 Å². The lowest BCUT2D eigenvalue weighted by Crippen LogP contribution is -1.94. The molecule has 0 bridgehead atoms. The number of nitrogens with one attached hydrogen (secondary N) is 1. The van der Waals surface area contributed by atoms with Gasteiger partial charge in [0.05, 0.1) is 22.9 Å². The summed E-state index contributed by atoms with van der Waals surface area (Å²) in [5.74, 6) is 2.40. The average molecular weight is 234 g/mol. The average Bonchev–Trinajstić information content (AvgIpc) is 1.91. The van der Waals surface area contributed by atoms with Gasteiger partial charge in [-0.15, -0.1) is 6.42 Å². The van der Waals surface area contributed by atoms with Gasteiger partial charge in [0.15, 0.2) is 0 Å². The predicted octanol–water partition coefficient (Wildman–Crippen LogP) is 1.14. The number of terminal acetylenes is 1. The molecule has 0 spiro atoms. The summed E-state index contributed by atoms with van der Waals surface area (Å²) >= 11 is 1.86. The van der Waals surface area contributed by atoms with Crippen molar-refractivity contribution in [3.05, 3.63) is 12.3 Å². The summed E-state index contributed by atoms with van der Waals surface area (Å²) in [6.45, 7) is 0. The fourth-order valence-electron chi connectivity index (χ4n) is 0.263. The Morgan fingerprint density at radius 2 is 2.56 bits per heavy atom. The molecule has 0 saturated carbocycles. The van der Waals surface area contributed by atoms with Gasteiger partial charge in [-0.2, -0.15) is 0 Å². The minimum atomic E-state index is 0.630. The highest BCUT2D eigenvalue weighted by atomic mass is 127. The van der Waals surface area contributed by atoms with Crippen LogP contribution in [0.3, 0.4) is 0 Å². The Bertz CT molecular complexity index is 164. The van der Waals surface area contributed by atoms with E-state index >= 15 is 0 Å². The second-order valence-corrected chi connectivity index (χ2v) is 1.72. The first kappa shape index (κ1) is 8.50. The topological polar surface area (TPSA) is 24.4 Å². The normalized spacial score (nSPS) is 11.4. The van der Waals surface area contributed by atoms with E-state index in [0.29, 0.717) is 5.71 Å². The first-order chi connectivity index (χ1) is 4.35. The number of halogens is 1. The van der Waals surface area contributed by atoms with E-state index in [0.717, 1.165) is 0 Å². The second kappa shape index (κ2) is 5.63.